The monoisotopic (exact) mass is 384 g/mol. The van der Waals surface area contributed by atoms with Crippen molar-refractivity contribution in [3.8, 4) is 23.0 Å². The highest BCUT2D eigenvalue weighted by molar-refractivity contribution is 5.61. The lowest BCUT2D eigenvalue weighted by Gasteiger charge is -2.37. The van der Waals surface area contributed by atoms with E-state index in [0.717, 1.165) is 22.3 Å². The summed E-state index contributed by atoms with van der Waals surface area (Å²) < 4.78 is 0. The highest BCUT2D eigenvalue weighted by Crippen LogP contribution is 2.46. The van der Waals surface area contributed by atoms with Gasteiger partial charge in [0, 0.05) is 0 Å². The minimum atomic E-state index is -0.803. The summed E-state index contributed by atoms with van der Waals surface area (Å²) in [6.07, 6.45) is 0. The number of rotatable bonds is 4. The quantitative estimate of drug-likeness (QED) is 0.378. The molecular formula is C25H20O4. The number of benzene rings is 4. The van der Waals surface area contributed by atoms with Crippen molar-refractivity contribution in [3.63, 3.8) is 0 Å². The summed E-state index contributed by atoms with van der Waals surface area (Å²) in [5, 5.41) is 39.4. The molecule has 4 aromatic rings. The Hall–Kier alpha value is -3.92. The van der Waals surface area contributed by atoms with Crippen LogP contribution in [0.2, 0.25) is 0 Å². The van der Waals surface area contributed by atoms with Crippen LogP contribution in [0.25, 0.3) is 0 Å². The van der Waals surface area contributed by atoms with Gasteiger partial charge in [0.05, 0.1) is 5.41 Å². The van der Waals surface area contributed by atoms with Crippen molar-refractivity contribution < 1.29 is 20.4 Å². The van der Waals surface area contributed by atoms with Crippen LogP contribution in [0, 0.1) is 0 Å². The van der Waals surface area contributed by atoms with Gasteiger partial charge in [0.2, 0.25) is 0 Å². The number of aromatic hydroxyl groups is 4. The minimum Gasteiger partial charge on any atom is -0.508 e. The van der Waals surface area contributed by atoms with Gasteiger partial charge in [-0.2, -0.15) is 0 Å². The van der Waals surface area contributed by atoms with Crippen molar-refractivity contribution in [2.45, 2.75) is 5.41 Å². The van der Waals surface area contributed by atoms with Crippen LogP contribution >= 0.6 is 0 Å². The Morgan fingerprint density at radius 1 is 0.310 bits per heavy atom. The maximum Gasteiger partial charge on any atom is 0.115 e. The second kappa shape index (κ2) is 7.24. The molecule has 4 aromatic carbocycles. The minimum absolute atomic E-state index is 0.157. The van der Waals surface area contributed by atoms with Crippen LogP contribution in [-0.2, 0) is 5.41 Å². The Morgan fingerprint density at radius 2 is 0.483 bits per heavy atom. The van der Waals surface area contributed by atoms with Crippen molar-refractivity contribution in [3.05, 3.63) is 119 Å². The average Bonchev–Trinajstić information content (AvgIpc) is 2.73. The van der Waals surface area contributed by atoms with Crippen LogP contribution in [0.15, 0.2) is 97.1 Å². The molecule has 0 atom stereocenters. The fourth-order valence-corrected chi connectivity index (χ4v) is 3.85. The van der Waals surface area contributed by atoms with E-state index in [1.54, 1.807) is 48.5 Å². The van der Waals surface area contributed by atoms with Gasteiger partial charge in [0.1, 0.15) is 23.0 Å². The zero-order chi connectivity index (χ0) is 20.4. The van der Waals surface area contributed by atoms with Gasteiger partial charge in [0.25, 0.3) is 0 Å². The standard InChI is InChI=1S/C25H20O4/c26-21-9-1-17(2-10-21)25(18-3-11-22(27)12-4-18,19-5-13-23(28)14-6-19)20-7-15-24(29)16-8-20/h1-16,26-29H. The third kappa shape index (κ3) is 3.25. The number of hydrogen-bond donors (Lipinski definition) is 4. The van der Waals surface area contributed by atoms with Crippen LogP contribution in [0.4, 0.5) is 0 Å². The molecule has 4 N–H and O–H groups in total. The van der Waals surface area contributed by atoms with Crippen LogP contribution in [0.3, 0.4) is 0 Å². The summed E-state index contributed by atoms with van der Waals surface area (Å²) in [6.45, 7) is 0. The molecule has 0 spiro atoms. The van der Waals surface area contributed by atoms with Gasteiger partial charge in [0.15, 0.2) is 0 Å². The first-order valence-corrected chi connectivity index (χ1v) is 9.18. The summed E-state index contributed by atoms with van der Waals surface area (Å²) in [6, 6.07) is 27.8. The van der Waals surface area contributed by atoms with Gasteiger partial charge in [-0.1, -0.05) is 48.5 Å². The molecule has 144 valence electrons. The molecular weight excluding hydrogens is 364 g/mol. The van der Waals surface area contributed by atoms with Crippen molar-refractivity contribution in [1.82, 2.24) is 0 Å². The Labute approximate surface area is 168 Å². The summed E-state index contributed by atoms with van der Waals surface area (Å²) >= 11 is 0. The van der Waals surface area contributed by atoms with Gasteiger partial charge >= 0.3 is 0 Å². The topological polar surface area (TPSA) is 80.9 Å². The van der Waals surface area contributed by atoms with Crippen molar-refractivity contribution in [2.24, 2.45) is 0 Å². The molecule has 0 saturated carbocycles. The van der Waals surface area contributed by atoms with E-state index in [2.05, 4.69) is 0 Å². The molecule has 4 rings (SSSR count). The highest BCUT2D eigenvalue weighted by Gasteiger charge is 2.38. The van der Waals surface area contributed by atoms with Crippen LogP contribution < -0.4 is 0 Å². The second-order valence-corrected chi connectivity index (χ2v) is 6.94. The molecule has 0 aromatic heterocycles. The average molecular weight is 384 g/mol. The Kier molecular flexibility index (Phi) is 4.61. The molecule has 4 nitrogen and oxygen atoms in total. The normalized spacial score (nSPS) is 11.3. The Balaban J connectivity index is 2.11. The molecule has 4 heteroatoms. The van der Waals surface area contributed by atoms with Crippen molar-refractivity contribution in [2.75, 3.05) is 0 Å². The third-order valence-corrected chi connectivity index (χ3v) is 5.20. The van der Waals surface area contributed by atoms with E-state index in [4.69, 9.17) is 0 Å². The largest absolute Gasteiger partial charge is 0.508 e. The molecule has 29 heavy (non-hydrogen) atoms. The smallest absolute Gasteiger partial charge is 0.115 e. The van der Waals surface area contributed by atoms with E-state index in [-0.39, 0.29) is 23.0 Å². The summed E-state index contributed by atoms with van der Waals surface area (Å²) in [5.74, 6) is 0.629. The zero-order valence-electron chi connectivity index (χ0n) is 15.5. The van der Waals surface area contributed by atoms with Crippen LogP contribution in [0.5, 0.6) is 23.0 Å². The third-order valence-electron chi connectivity index (χ3n) is 5.20. The van der Waals surface area contributed by atoms with Gasteiger partial charge < -0.3 is 20.4 Å². The first-order valence-electron chi connectivity index (χ1n) is 9.18. The fraction of sp³-hybridized carbons (Fsp3) is 0.0400. The summed E-state index contributed by atoms with van der Waals surface area (Å²) in [5.41, 5.74) is 2.74. The molecule has 0 fully saturated rings. The molecule has 0 aliphatic carbocycles. The fourth-order valence-electron chi connectivity index (χ4n) is 3.85. The van der Waals surface area contributed by atoms with Gasteiger partial charge in [-0.05, 0) is 70.8 Å². The zero-order valence-corrected chi connectivity index (χ0v) is 15.5. The maximum absolute atomic E-state index is 9.84. The van der Waals surface area contributed by atoms with Gasteiger partial charge in [-0.25, -0.2) is 0 Å². The van der Waals surface area contributed by atoms with E-state index >= 15 is 0 Å². The van der Waals surface area contributed by atoms with Crippen molar-refractivity contribution in [1.29, 1.82) is 0 Å². The van der Waals surface area contributed by atoms with Crippen LogP contribution in [0.1, 0.15) is 22.3 Å². The highest BCUT2D eigenvalue weighted by atomic mass is 16.3. The lowest BCUT2D eigenvalue weighted by molar-refractivity contribution is 0.474. The SMILES string of the molecule is Oc1ccc(C(c2ccc(O)cc2)(c2ccc(O)cc2)c2ccc(O)cc2)cc1. The van der Waals surface area contributed by atoms with E-state index in [1.807, 2.05) is 48.5 Å². The molecule has 0 radical (unpaired) electrons. The van der Waals surface area contributed by atoms with E-state index < -0.39 is 5.41 Å². The molecule has 0 saturated heterocycles. The number of hydrogen-bond acceptors (Lipinski definition) is 4. The Morgan fingerprint density at radius 3 is 0.655 bits per heavy atom. The lowest BCUT2D eigenvalue weighted by atomic mass is 9.65. The molecule has 0 amide bonds. The molecule has 0 heterocycles. The van der Waals surface area contributed by atoms with E-state index in [0.29, 0.717) is 0 Å². The molecule has 0 bridgehead atoms. The molecule has 0 unspecified atom stereocenters. The van der Waals surface area contributed by atoms with E-state index in [9.17, 15) is 20.4 Å². The first-order chi connectivity index (χ1) is 14.0. The van der Waals surface area contributed by atoms with E-state index in [1.165, 1.54) is 0 Å². The van der Waals surface area contributed by atoms with Crippen molar-refractivity contribution >= 4 is 0 Å². The van der Waals surface area contributed by atoms with Crippen LogP contribution in [-0.4, -0.2) is 20.4 Å². The predicted molar refractivity (Wildman–Crippen MR) is 111 cm³/mol. The Bertz CT molecular complexity index is 910. The first kappa shape index (κ1) is 18.4. The molecule has 0 aliphatic rings. The summed E-state index contributed by atoms with van der Waals surface area (Å²) in [4.78, 5) is 0. The number of phenols is 4. The molecule has 0 aliphatic heterocycles. The maximum atomic E-state index is 9.84. The summed E-state index contributed by atoms with van der Waals surface area (Å²) in [7, 11) is 0. The second-order valence-electron chi connectivity index (χ2n) is 6.94. The predicted octanol–water partition coefficient (Wildman–Crippen LogP) is 4.89. The van der Waals surface area contributed by atoms with Gasteiger partial charge in [-0.15, -0.1) is 0 Å². The van der Waals surface area contributed by atoms with Gasteiger partial charge in [-0.3, -0.25) is 0 Å². The number of phenolic OH excluding ortho intramolecular Hbond substituents is 4. The lowest BCUT2D eigenvalue weighted by Crippen LogP contribution is -2.30.